The predicted molar refractivity (Wildman–Crippen MR) is 108 cm³/mol. The van der Waals surface area contributed by atoms with Crippen molar-refractivity contribution in [1.82, 2.24) is 0 Å². The molecule has 2 rings (SSSR count). The lowest BCUT2D eigenvalue weighted by Gasteiger charge is -2.29. The Morgan fingerprint density at radius 1 is 1.12 bits per heavy atom. The molecule has 0 unspecified atom stereocenters. The van der Waals surface area contributed by atoms with Crippen molar-refractivity contribution in [2.45, 2.75) is 40.5 Å². The highest BCUT2D eigenvalue weighted by molar-refractivity contribution is 5.99. The van der Waals surface area contributed by atoms with E-state index in [9.17, 15) is 0 Å². The van der Waals surface area contributed by atoms with E-state index in [0.717, 1.165) is 42.9 Å². The lowest BCUT2D eigenvalue weighted by atomic mass is 9.76. The Kier molecular flexibility index (Phi) is 6.36. The molecule has 0 aliphatic heterocycles. The number of allylic oxidation sites excluding steroid dienone is 4. The van der Waals surface area contributed by atoms with Crippen LogP contribution in [0.25, 0.3) is 0 Å². The molecule has 0 aromatic heterocycles. The average molecular weight is 346 g/mol. The molecule has 0 spiro atoms. The fourth-order valence-corrected chi connectivity index (χ4v) is 3.35. The van der Waals surface area contributed by atoms with Crippen molar-refractivity contribution in [3.05, 3.63) is 47.6 Å². The molecule has 1 aromatic carbocycles. The number of benzene rings is 1. The van der Waals surface area contributed by atoms with E-state index in [2.05, 4.69) is 44.7 Å². The van der Waals surface area contributed by atoms with Crippen LogP contribution in [-0.2, 0) is 0 Å². The molecule has 1 aliphatic carbocycles. The summed E-state index contributed by atoms with van der Waals surface area (Å²) in [7, 11) is 0. The van der Waals surface area contributed by atoms with E-state index in [-0.39, 0.29) is 11.0 Å². The highest BCUT2D eigenvalue weighted by atomic mass is 15.1. The lowest BCUT2D eigenvalue weighted by Crippen LogP contribution is -2.21. The van der Waals surface area contributed by atoms with Gasteiger partial charge in [0.05, 0.1) is 5.69 Å². The first kappa shape index (κ1) is 19.5. The molecule has 134 valence electrons. The Hall–Kier alpha value is -2.85. The third-order valence-corrected chi connectivity index (χ3v) is 4.52. The van der Waals surface area contributed by atoms with Crippen LogP contribution in [0.1, 0.15) is 40.5 Å². The Bertz CT molecular complexity index is 791. The number of hydrogen-bond donors (Lipinski definition) is 0. The van der Waals surface area contributed by atoms with E-state index < -0.39 is 0 Å². The Morgan fingerprint density at radius 2 is 1.73 bits per heavy atom. The van der Waals surface area contributed by atoms with Crippen LogP contribution in [0.2, 0.25) is 0 Å². The molecule has 0 bridgehead atoms. The first-order valence-corrected chi connectivity index (χ1v) is 9.05. The molecule has 0 N–H and O–H groups in total. The van der Waals surface area contributed by atoms with Crippen LogP contribution >= 0.6 is 0 Å². The standard InChI is InChI=1S/C22H26N4/c1-5-26(6-2)21-9-7-19(8-10-21)25-20-12-17(11-18(15-23)16-24)13-22(3,4)14-20/h7-12H,5-6,13-14H2,1-4H3. The van der Waals surface area contributed by atoms with Crippen molar-refractivity contribution < 1.29 is 0 Å². The molecular weight excluding hydrogens is 320 g/mol. The molecular formula is C22H26N4. The van der Waals surface area contributed by atoms with Gasteiger partial charge in [-0.25, -0.2) is 0 Å². The van der Waals surface area contributed by atoms with Crippen molar-refractivity contribution in [1.29, 1.82) is 10.5 Å². The molecule has 0 amide bonds. The van der Waals surface area contributed by atoms with E-state index >= 15 is 0 Å². The maximum atomic E-state index is 9.00. The second-order valence-electron chi connectivity index (χ2n) is 7.31. The van der Waals surface area contributed by atoms with Crippen LogP contribution in [0.5, 0.6) is 0 Å². The smallest absolute Gasteiger partial charge is 0.129 e. The van der Waals surface area contributed by atoms with Gasteiger partial charge in [0.25, 0.3) is 0 Å². The molecule has 0 fully saturated rings. The highest BCUT2D eigenvalue weighted by Crippen LogP contribution is 2.36. The van der Waals surface area contributed by atoms with Gasteiger partial charge in [-0.15, -0.1) is 0 Å². The van der Waals surface area contributed by atoms with Crippen LogP contribution in [-0.4, -0.2) is 18.8 Å². The highest BCUT2D eigenvalue weighted by Gasteiger charge is 2.25. The Labute approximate surface area is 156 Å². The molecule has 0 radical (unpaired) electrons. The first-order valence-electron chi connectivity index (χ1n) is 9.05. The van der Waals surface area contributed by atoms with Gasteiger partial charge < -0.3 is 4.90 Å². The van der Waals surface area contributed by atoms with Gasteiger partial charge in [0.2, 0.25) is 0 Å². The maximum Gasteiger partial charge on any atom is 0.129 e. The first-order chi connectivity index (χ1) is 12.4. The van der Waals surface area contributed by atoms with Crippen LogP contribution in [0, 0.1) is 28.1 Å². The maximum absolute atomic E-state index is 9.00. The fourth-order valence-electron chi connectivity index (χ4n) is 3.35. The summed E-state index contributed by atoms with van der Waals surface area (Å²) in [5, 5.41) is 18.0. The van der Waals surface area contributed by atoms with Gasteiger partial charge >= 0.3 is 0 Å². The third kappa shape index (κ3) is 5.07. The van der Waals surface area contributed by atoms with E-state index in [4.69, 9.17) is 15.5 Å². The summed E-state index contributed by atoms with van der Waals surface area (Å²) in [5.74, 6) is 0. The van der Waals surface area contributed by atoms with Crippen molar-refractivity contribution in [3.8, 4) is 12.1 Å². The second kappa shape index (κ2) is 8.50. The molecule has 0 saturated heterocycles. The molecule has 26 heavy (non-hydrogen) atoms. The fraction of sp³-hybridized carbons (Fsp3) is 0.409. The summed E-state index contributed by atoms with van der Waals surface area (Å²) in [6.45, 7) is 10.6. The Morgan fingerprint density at radius 3 is 2.27 bits per heavy atom. The predicted octanol–water partition coefficient (Wildman–Crippen LogP) is 5.33. The van der Waals surface area contributed by atoms with E-state index in [0.29, 0.717) is 0 Å². The van der Waals surface area contributed by atoms with Crippen LogP contribution in [0.3, 0.4) is 0 Å². The zero-order valence-electron chi connectivity index (χ0n) is 16.1. The molecule has 1 aromatic rings. The normalized spacial score (nSPS) is 17.0. The quantitative estimate of drug-likeness (QED) is 0.677. The molecule has 4 nitrogen and oxygen atoms in total. The minimum absolute atomic E-state index is 0.0522. The summed E-state index contributed by atoms with van der Waals surface area (Å²) in [5.41, 5.74) is 4.29. The minimum Gasteiger partial charge on any atom is -0.372 e. The van der Waals surface area contributed by atoms with Gasteiger partial charge in [0, 0.05) is 24.5 Å². The van der Waals surface area contributed by atoms with Crippen LogP contribution in [0.15, 0.2) is 52.6 Å². The largest absolute Gasteiger partial charge is 0.372 e. The zero-order valence-corrected chi connectivity index (χ0v) is 16.1. The monoisotopic (exact) mass is 346 g/mol. The number of anilines is 1. The van der Waals surface area contributed by atoms with E-state index in [1.807, 2.05) is 30.3 Å². The van der Waals surface area contributed by atoms with Gasteiger partial charge in [0.15, 0.2) is 0 Å². The summed E-state index contributed by atoms with van der Waals surface area (Å²) >= 11 is 0. The van der Waals surface area contributed by atoms with Gasteiger partial charge in [-0.1, -0.05) is 13.8 Å². The zero-order chi connectivity index (χ0) is 19.2. The number of nitrogens with zero attached hydrogens (tertiary/aromatic N) is 4. The second-order valence-corrected chi connectivity index (χ2v) is 7.31. The lowest BCUT2D eigenvalue weighted by molar-refractivity contribution is 0.377. The summed E-state index contributed by atoms with van der Waals surface area (Å²) < 4.78 is 0. The van der Waals surface area contributed by atoms with Gasteiger partial charge in [-0.05, 0) is 74.1 Å². The van der Waals surface area contributed by atoms with Crippen LogP contribution < -0.4 is 4.90 Å². The number of nitriles is 2. The van der Waals surface area contributed by atoms with Crippen molar-refractivity contribution in [3.63, 3.8) is 0 Å². The van der Waals surface area contributed by atoms with E-state index in [1.165, 1.54) is 5.69 Å². The van der Waals surface area contributed by atoms with Gasteiger partial charge in [-0.2, -0.15) is 10.5 Å². The molecule has 0 saturated carbocycles. The number of rotatable bonds is 5. The van der Waals surface area contributed by atoms with Crippen molar-refractivity contribution >= 4 is 17.1 Å². The SMILES string of the molecule is CCN(CC)c1ccc(N=C2C=C(C=C(C#N)C#N)CC(C)(C)C2)cc1. The van der Waals surface area contributed by atoms with Gasteiger partial charge in [0.1, 0.15) is 17.7 Å². The Balaban J connectivity index is 2.32. The number of hydrogen-bond acceptors (Lipinski definition) is 4. The van der Waals surface area contributed by atoms with Gasteiger partial charge in [-0.3, -0.25) is 4.99 Å². The molecule has 1 aliphatic rings. The van der Waals surface area contributed by atoms with Crippen molar-refractivity contribution in [2.24, 2.45) is 10.4 Å². The van der Waals surface area contributed by atoms with Crippen LogP contribution in [0.4, 0.5) is 11.4 Å². The average Bonchev–Trinajstić information content (AvgIpc) is 2.61. The van der Waals surface area contributed by atoms with Crippen molar-refractivity contribution in [2.75, 3.05) is 18.0 Å². The molecule has 0 atom stereocenters. The topological polar surface area (TPSA) is 63.2 Å². The molecule has 0 heterocycles. The third-order valence-electron chi connectivity index (χ3n) is 4.52. The summed E-state index contributed by atoms with van der Waals surface area (Å²) in [4.78, 5) is 7.10. The summed E-state index contributed by atoms with van der Waals surface area (Å²) in [6.07, 6.45) is 5.40. The number of aliphatic imine (C=N–C) groups is 1. The molecule has 4 heteroatoms. The summed E-state index contributed by atoms with van der Waals surface area (Å²) in [6, 6.07) is 12.2. The minimum atomic E-state index is 0.0522. The van der Waals surface area contributed by atoms with E-state index in [1.54, 1.807) is 6.08 Å².